The number of rotatable bonds is 10. The van der Waals surface area contributed by atoms with Crippen molar-refractivity contribution in [2.75, 3.05) is 19.4 Å². The normalized spacial score (nSPS) is 14.4. The number of hydrogen-bond acceptors (Lipinski definition) is 8. The molecule has 0 aliphatic heterocycles. The summed E-state index contributed by atoms with van der Waals surface area (Å²) in [6, 6.07) is 7.26. The lowest BCUT2D eigenvalue weighted by molar-refractivity contribution is 0.126. The van der Waals surface area contributed by atoms with Crippen LogP contribution in [-0.2, 0) is 21.8 Å². The van der Waals surface area contributed by atoms with Gasteiger partial charge in [0.15, 0.2) is 17.0 Å². The molecule has 0 saturated carbocycles. The van der Waals surface area contributed by atoms with Crippen molar-refractivity contribution in [2.45, 2.75) is 46.0 Å². The zero-order valence-electron chi connectivity index (χ0n) is 20.1. The molecule has 0 fully saturated rings. The van der Waals surface area contributed by atoms with E-state index >= 15 is 0 Å². The summed E-state index contributed by atoms with van der Waals surface area (Å²) in [6.45, 7) is 6.50. The molecule has 35 heavy (non-hydrogen) atoms. The van der Waals surface area contributed by atoms with Crippen LogP contribution in [0.5, 0.6) is 6.01 Å². The molecule has 3 rings (SSSR count). The number of imidazole rings is 1. The second-order valence-corrected chi connectivity index (χ2v) is 11.4. The first-order valence-corrected chi connectivity index (χ1v) is 12.7. The van der Waals surface area contributed by atoms with Gasteiger partial charge in [-0.2, -0.15) is 9.97 Å². The summed E-state index contributed by atoms with van der Waals surface area (Å²) < 4.78 is 24.3. The van der Waals surface area contributed by atoms with E-state index in [4.69, 9.17) is 15.6 Å². The number of nitrogens with one attached hydrogen (secondary N) is 1. The number of carbonyl (C=O) groups is 1. The average Bonchev–Trinajstić information content (AvgIpc) is 3.14. The van der Waals surface area contributed by atoms with E-state index in [1.165, 1.54) is 7.11 Å². The first-order chi connectivity index (χ1) is 16.3. The van der Waals surface area contributed by atoms with Gasteiger partial charge in [0, 0.05) is 7.11 Å². The second-order valence-electron chi connectivity index (χ2n) is 9.42. The number of nitrogens with zero attached hydrogens (tertiary/aromatic N) is 4. The third kappa shape index (κ3) is 7.64. The molecule has 0 aliphatic rings. The van der Waals surface area contributed by atoms with E-state index in [0.717, 1.165) is 5.56 Å². The van der Waals surface area contributed by atoms with Gasteiger partial charge in [-0.1, -0.05) is 45.0 Å². The van der Waals surface area contributed by atoms with E-state index in [1.54, 1.807) is 23.0 Å². The Morgan fingerprint density at radius 1 is 1.29 bits per heavy atom. The smallest absolute Gasteiger partial charge is 0.404 e. The van der Waals surface area contributed by atoms with Gasteiger partial charge in [-0.05, 0) is 23.0 Å². The minimum absolute atomic E-state index is 0.0215. The fourth-order valence-corrected chi connectivity index (χ4v) is 4.41. The Morgan fingerprint density at radius 3 is 2.66 bits per heavy atom. The lowest BCUT2D eigenvalue weighted by atomic mass is 9.89. The fraction of sp³-hybridized carbons (Fsp3) is 0.455. The number of ether oxygens (including phenoxy) is 1. The van der Waals surface area contributed by atoms with Crippen LogP contribution in [0.15, 0.2) is 30.6 Å². The van der Waals surface area contributed by atoms with E-state index in [2.05, 4.69) is 24.8 Å². The van der Waals surface area contributed by atoms with Crippen LogP contribution >= 0.6 is 7.60 Å². The van der Waals surface area contributed by atoms with Gasteiger partial charge in [-0.25, -0.2) is 9.78 Å². The fourth-order valence-electron chi connectivity index (χ4n) is 3.62. The number of carboxylic acid groups (broad SMARTS) is 1. The van der Waals surface area contributed by atoms with Gasteiger partial charge in [0.25, 0.3) is 0 Å². The summed E-state index contributed by atoms with van der Waals surface area (Å²) in [4.78, 5) is 33.8. The van der Waals surface area contributed by atoms with Gasteiger partial charge >= 0.3 is 19.7 Å². The first-order valence-electron chi connectivity index (χ1n) is 10.9. The van der Waals surface area contributed by atoms with Gasteiger partial charge in [0.1, 0.15) is 6.10 Å². The number of nitrogen functional groups attached to an aromatic ring is 1. The van der Waals surface area contributed by atoms with Crippen LogP contribution in [0.25, 0.3) is 11.2 Å². The first kappa shape index (κ1) is 26.4. The highest BCUT2D eigenvalue weighted by molar-refractivity contribution is 7.51. The van der Waals surface area contributed by atoms with Crippen LogP contribution in [0.3, 0.4) is 0 Å². The third-order valence-corrected chi connectivity index (χ3v) is 6.41. The predicted octanol–water partition coefficient (Wildman–Crippen LogP) is 3.24. The van der Waals surface area contributed by atoms with Crippen molar-refractivity contribution in [3.05, 3.63) is 41.7 Å². The molecular weight excluding hydrogens is 475 g/mol. The summed E-state index contributed by atoms with van der Waals surface area (Å²) in [5.41, 5.74) is 8.35. The Morgan fingerprint density at radius 2 is 2.00 bits per heavy atom. The zero-order chi connectivity index (χ0) is 25.8. The quantitative estimate of drug-likeness (QED) is 0.299. The number of nitrogens with two attached hydrogens (primary N) is 1. The molecule has 5 N–H and O–H groups in total. The number of fused-ring (bicyclic) bond motifs is 1. The largest absolute Gasteiger partial charge is 0.465 e. The summed E-state index contributed by atoms with van der Waals surface area (Å²) in [7, 11) is -2.49. The van der Waals surface area contributed by atoms with Gasteiger partial charge in [0.2, 0.25) is 0 Å². The molecule has 1 aromatic carbocycles. The maximum absolute atomic E-state index is 11.9. The molecule has 12 nitrogen and oxygen atoms in total. The second kappa shape index (κ2) is 10.6. The molecule has 2 heterocycles. The molecule has 2 atom stereocenters. The Hall–Kier alpha value is -3.21. The molecule has 3 aromatic rings. The summed E-state index contributed by atoms with van der Waals surface area (Å²) in [5, 5.41) is 11.3. The van der Waals surface area contributed by atoms with Gasteiger partial charge in [-0.3, -0.25) is 4.57 Å². The van der Waals surface area contributed by atoms with Crippen molar-refractivity contribution in [3.63, 3.8) is 0 Å². The molecule has 0 bridgehead atoms. The molecule has 0 saturated heterocycles. The standard InChI is InChI=1S/C22H31N6O6P/c1-22(2,3)9-16(10-24-21(29)30)34-20-26-18(23)17-19(27-20)28(13-25-17)11-14-6-5-7-15(8-14)12-35(31,32)33-4/h5-8,13,16,24H,9-12H2,1-4H3,(H,29,30)(H,31,32)(H2,23,26,27). The summed E-state index contributed by atoms with van der Waals surface area (Å²) in [6.07, 6.45) is 0.375. The minimum Gasteiger partial charge on any atom is -0.465 e. The van der Waals surface area contributed by atoms with Gasteiger partial charge in [-0.15, -0.1) is 0 Å². The summed E-state index contributed by atoms with van der Waals surface area (Å²) in [5.74, 6) is 0.138. The highest BCUT2D eigenvalue weighted by Crippen LogP contribution is 2.44. The monoisotopic (exact) mass is 506 g/mol. The van der Waals surface area contributed by atoms with E-state index < -0.39 is 19.8 Å². The minimum atomic E-state index is -3.69. The van der Waals surface area contributed by atoms with Crippen LogP contribution in [-0.4, -0.2) is 55.4 Å². The molecule has 190 valence electrons. The third-order valence-electron chi connectivity index (χ3n) is 5.08. The van der Waals surface area contributed by atoms with Crippen LogP contribution in [0.1, 0.15) is 38.3 Å². The Balaban J connectivity index is 1.87. The van der Waals surface area contributed by atoms with Crippen molar-refractivity contribution >= 4 is 30.7 Å². The van der Waals surface area contributed by atoms with E-state index in [9.17, 15) is 14.3 Å². The van der Waals surface area contributed by atoms with E-state index in [1.807, 2.05) is 32.9 Å². The number of amides is 1. The SMILES string of the molecule is COP(=O)(O)Cc1cccc(Cn2cnc3c(N)nc(OC(CNC(=O)O)CC(C)(C)C)nc32)c1. The zero-order valence-corrected chi connectivity index (χ0v) is 21.0. The molecule has 0 radical (unpaired) electrons. The predicted molar refractivity (Wildman–Crippen MR) is 130 cm³/mol. The lowest BCUT2D eigenvalue weighted by Gasteiger charge is -2.25. The highest BCUT2D eigenvalue weighted by atomic mass is 31.2. The van der Waals surface area contributed by atoms with Crippen LogP contribution in [0.2, 0.25) is 0 Å². The van der Waals surface area contributed by atoms with Crippen molar-refractivity contribution in [1.82, 2.24) is 24.8 Å². The van der Waals surface area contributed by atoms with Crippen LogP contribution in [0.4, 0.5) is 10.6 Å². The van der Waals surface area contributed by atoms with Gasteiger partial charge in [0.05, 0.1) is 25.6 Å². The topological polar surface area (TPSA) is 175 Å². The maximum Gasteiger partial charge on any atom is 0.404 e. The van der Waals surface area contributed by atoms with E-state index in [-0.39, 0.29) is 29.9 Å². The number of hydrogen-bond donors (Lipinski definition) is 4. The molecule has 0 spiro atoms. The Kier molecular flexibility index (Phi) is 7.99. The van der Waals surface area contributed by atoms with Crippen molar-refractivity contribution in [1.29, 1.82) is 0 Å². The summed E-state index contributed by atoms with van der Waals surface area (Å²) >= 11 is 0. The van der Waals surface area contributed by atoms with Crippen molar-refractivity contribution in [3.8, 4) is 6.01 Å². The Labute approximate surface area is 203 Å². The molecule has 1 amide bonds. The van der Waals surface area contributed by atoms with E-state index in [0.29, 0.717) is 29.7 Å². The van der Waals surface area contributed by atoms with Crippen molar-refractivity contribution in [2.24, 2.45) is 5.41 Å². The number of anilines is 1. The molecule has 2 unspecified atom stereocenters. The average molecular weight is 507 g/mol. The molecular formula is C22H31N6O6P. The maximum atomic E-state index is 11.9. The number of benzene rings is 1. The Bertz CT molecular complexity index is 1240. The number of aromatic nitrogens is 4. The van der Waals surface area contributed by atoms with Gasteiger partial charge < -0.3 is 34.9 Å². The van der Waals surface area contributed by atoms with Crippen molar-refractivity contribution < 1.29 is 28.6 Å². The molecule has 0 aliphatic carbocycles. The highest BCUT2D eigenvalue weighted by Gasteiger charge is 2.23. The van der Waals surface area contributed by atoms with Crippen LogP contribution in [0, 0.1) is 5.41 Å². The molecule has 13 heteroatoms. The van der Waals surface area contributed by atoms with Crippen LogP contribution < -0.4 is 15.8 Å². The lowest BCUT2D eigenvalue weighted by Crippen LogP contribution is -2.37. The molecule has 2 aromatic heterocycles.